The summed E-state index contributed by atoms with van der Waals surface area (Å²) in [5, 5.41) is 11.5. The molecule has 0 aromatic heterocycles. The van der Waals surface area contributed by atoms with Crippen LogP contribution in [0.3, 0.4) is 0 Å². The molecule has 0 saturated carbocycles. The zero-order valence-corrected chi connectivity index (χ0v) is 11.1. The number of amides is 1. The van der Waals surface area contributed by atoms with E-state index in [1.165, 1.54) is 0 Å². The quantitative estimate of drug-likeness (QED) is 0.622. The van der Waals surface area contributed by atoms with Gasteiger partial charge < -0.3 is 16.2 Å². The van der Waals surface area contributed by atoms with E-state index in [1.54, 1.807) is 0 Å². The van der Waals surface area contributed by atoms with Crippen molar-refractivity contribution in [1.29, 1.82) is 0 Å². The Bertz CT molecular complexity index is 266. The van der Waals surface area contributed by atoms with Gasteiger partial charge in [0.05, 0.1) is 6.04 Å². The van der Waals surface area contributed by atoms with Gasteiger partial charge in [-0.1, -0.05) is 34.1 Å². The SMILES string of the molecule is CC[C@@H](C)[C@H](N)C(=O)N[C@@H](CC(C)C)C(=O)O. The van der Waals surface area contributed by atoms with E-state index in [-0.39, 0.29) is 17.7 Å². The van der Waals surface area contributed by atoms with Gasteiger partial charge in [0.1, 0.15) is 6.04 Å². The van der Waals surface area contributed by atoms with E-state index < -0.39 is 18.1 Å². The molecule has 0 spiro atoms. The van der Waals surface area contributed by atoms with Crippen LogP contribution in [-0.2, 0) is 9.59 Å². The molecule has 0 aromatic carbocycles. The highest BCUT2D eigenvalue weighted by Crippen LogP contribution is 2.08. The van der Waals surface area contributed by atoms with E-state index in [9.17, 15) is 9.59 Å². The van der Waals surface area contributed by atoms with Crippen molar-refractivity contribution >= 4 is 11.9 Å². The number of aliphatic carboxylic acids is 1. The molecular formula is C12H24N2O3. The summed E-state index contributed by atoms with van der Waals surface area (Å²) in [6, 6.07) is -1.49. The maximum atomic E-state index is 11.7. The van der Waals surface area contributed by atoms with E-state index in [0.29, 0.717) is 6.42 Å². The van der Waals surface area contributed by atoms with Gasteiger partial charge in [0.15, 0.2) is 0 Å². The van der Waals surface area contributed by atoms with Crippen molar-refractivity contribution < 1.29 is 14.7 Å². The molecule has 0 unspecified atom stereocenters. The summed E-state index contributed by atoms with van der Waals surface area (Å²) >= 11 is 0. The van der Waals surface area contributed by atoms with Gasteiger partial charge in [-0.3, -0.25) is 4.79 Å². The zero-order valence-electron chi connectivity index (χ0n) is 11.1. The third-order valence-corrected chi connectivity index (χ3v) is 2.88. The van der Waals surface area contributed by atoms with Crippen molar-refractivity contribution in [3.05, 3.63) is 0 Å². The van der Waals surface area contributed by atoms with E-state index >= 15 is 0 Å². The van der Waals surface area contributed by atoms with Gasteiger partial charge in [0.25, 0.3) is 0 Å². The van der Waals surface area contributed by atoms with E-state index in [4.69, 9.17) is 10.8 Å². The molecule has 0 aliphatic carbocycles. The van der Waals surface area contributed by atoms with Crippen molar-refractivity contribution in [2.24, 2.45) is 17.6 Å². The number of carboxylic acid groups (broad SMARTS) is 1. The number of nitrogens with two attached hydrogens (primary N) is 1. The summed E-state index contributed by atoms with van der Waals surface area (Å²) in [5.41, 5.74) is 5.75. The predicted molar refractivity (Wildman–Crippen MR) is 66.5 cm³/mol. The first kappa shape index (κ1) is 15.9. The fraction of sp³-hybridized carbons (Fsp3) is 0.833. The molecule has 0 aromatic rings. The standard InChI is InChI=1S/C12H24N2O3/c1-5-8(4)10(13)11(15)14-9(12(16)17)6-7(2)3/h7-10H,5-6,13H2,1-4H3,(H,14,15)(H,16,17)/t8-,9+,10+/m1/s1. The third kappa shape index (κ3) is 5.68. The Balaban J connectivity index is 4.45. The average molecular weight is 244 g/mol. The van der Waals surface area contributed by atoms with Gasteiger partial charge in [-0.15, -0.1) is 0 Å². The summed E-state index contributed by atoms with van der Waals surface area (Å²) in [6.07, 6.45) is 1.20. The molecule has 4 N–H and O–H groups in total. The Morgan fingerprint density at radius 3 is 2.18 bits per heavy atom. The molecule has 3 atom stereocenters. The molecule has 0 saturated heterocycles. The maximum Gasteiger partial charge on any atom is 0.326 e. The van der Waals surface area contributed by atoms with E-state index in [1.807, 2.05) is 27.7 Å². The number of carbonyl (C=O) groups is 2. The number of carboxylic acids is 1. The fourth-order valence-electron chi connectivity index (χ4n) is 1.47. The normalized spacial score (nSPS) is 16.4. The second-order valence-corrected chi connectivity index (χ2v) is 4.94. The first-order valence-corrected chi connectivity index (χ1v) is 6.08. The molecule has 0 aliphatic heterocycles. The highest BCUT2D eigenvalue weighted by Gasteiger charge is 2.26. The lowest BCUT2D eigenvalue weighted by atomic mass is 9.98. The fourth-order valence-corrected chi connectivity index (χ4v) is 1.47. The van der Waals surface area contributed by atoms with Crippen LogP contribution in [0.15, 0.2) is 0 Å². The highest BCUT2D eigenvalue weighted by molar-refractivity contribution is 5.86. The van der Waals surface area contributed by atoms with E-state index in [0.717, 1.165) is 6.42 Å². The lowest BCUT2D eigenvalue weighted by Gasteiger charge is -2.22. The predicted octanol–water partition coefficient (Wildman–Crippen LogP) is 0.975. The summed E-state index contributed by atoms with van der Waals surface area (Å²) in [6.45, 7) is 7.65. The number of hydrogen-bond donors (Lipinski definition) is 3. The molecule has 0 fully saturated rings. The highest BCUT2D eigenvalue weighted by atomic mass is 16.4. The number of rotatable bonds is 7. The summed E-state index contributed by atoms with van der Waals surface area (Å²) in [7, 11) is 0. The zero-order chi connectivity index (χ0) is 13.6. The van der Waals surface area contributed by atoms with Crippen molar-refractivity contribution in [2.75, 3.05) is 0 Å². The molecule has 5 heteroatoms. The van der Waals surface area contributed by atoms with Crippen LogP contribution in [0.5, 0.6) is 0 Å². The van der Waals surface area contributed by atoms with Gasteiger partial charge in [-0.2, -0.15) is 0 Å². The van der Waals surface area contributed by atoms with Crippen LogP contribution in [0.25, 0.3) is 0 Å². The molecule has 0 bridgehead atoms. The van der Waals surface area contributed by atoms with Crippen LogP contribution in [0, 0.1) is 11.8 Å². The molecule has 0 aliphatic rings. The summed E-state index contributed by atoms with van der Waals surface area (Å²) < 4.78 is 0. The van der Waals surface area contributed by atoms with Crippen molar-refractivity contribution in [3.8, 4) is 0 Å². The molecule has 0 rings (SSSR count). The second kappa shape index (κ2) is 7.27. The topological polar surface area (TPSA) is 92.4 Å². The smallest absolute Gasteiger partial charge is 0.326 e. The average Bonchev–Trinajstić information content (AvgIpc) is 2.25. The van der Waals surface area contributed by atoms with E-state index in [2.05, 4.69) is 5.32 Å². The monoisotopic (exact) mass is 244 g/mol. The van der Waals surface area contributed by atoms with Crippen LogP contribution < -0.4 is 11.1 Å². The molecule has 17 heavy (non-hydrogen) atoms. The Kier molecular flexibility index (Phi) is 6.80. The number of carbonyl (C=O) groups excluding carboxylic acids is 1. The Morgan fingerprint density at radius 2 is 1.82 bits per heavy atom. The summed E-state index contributed by atoms with van der Waals surface area (Å²) in [5.74, 6) is -1.14. The van der Waals surface area contributed by atoms with Gasteiger partial charge in [-0.25, -0.2) is 4.79 Å². The van der Waals surface area contributed by atoms with Crippen LogP contribution in [0.1, 0.15) is 40.5 Å². The first-order chi connectivity index (χ1) is 7.79. The number of nitrogens with one attached hydrogen (secondary N) is 1. The molecular weight excluding hydrogens is 220 g/mol. The molecule has 100 valence electrons. The maximum absolute atomic E-state index is 11.7. The van der Waals surface area contributed by atoms with Crippen molar-refractivity contribution in [1.82, 2.24) is 5.32 Å². The molecule has 1 amide bonds. The molecule has 0 radical (unpaired) electrons. The molecule has 5 nitrogen and oxygen atoms in total. The minimum absolute atomic E-state index is 0.0449. The first-order valence-electron chi connectivity index (χ1n) is 6.08. The van der Waals surface area contributed by atoms with Crippen LogP contribution >= 0.6 is 0 Å². The molecule has 0 heterocycles. The van der Waals surface area contributed by atoms with Gasteiger partial charge >= 0.3 is 5.97 Å². The van der Waals surface area contributed by atoms with Crippen molar-refractivity contribution in [2.45, 2.75) is 52.6 Å². The number of hydrogen-bond acceptors (Lipinski definition) is 3. The van der Waals surface area contributed by atoms with Gasteiger partial charge in [0, 0.05) is 0 Å². The largest absolute Gasteiger partial charge is 0.480 e. The minimum atomic E-state index is -1.01. The third-order valence-electron chi connectivity index (χ3n) is 2.88. The minimum Gasteiger partial charge on any atom is -0.480 e. The van der Waals surface area contributed by atoms with Crippen molar-refractivity contribution in [3.63, 3.8) is 0 Å². The van der Waals surface area contributed by atoms with Gasteiger partial charge in [0.2, 0.25) is 5.91 Å². The lowest BCUT2D eigenvalue weighted by Crippen LogP contribution is -2.51. The Morgan fingerprint density at radius 1 is 1.29 bits per heavy atom. The second-order valence-electron chi connectivity index (χ2n) is 4.94. The van der Waals surface area contributed by atoms with Gasteiger partial charge in [-0.05, 0) is 18.3 Å². The summed E-state index contributed by atoms with van der Waals surface area (Å²) in [4.78, 5) is 22.7. The van der Waals surface area contributed by atoms with Crippen LogP contribution in [0.2, 0.25) is 0 Å². The Labute approximate surface area is 103 Å². The Hall–Kier alpha value is -1.10. The lowest BCUT2D eigenvalue weighted by molar-refractivity contribution is -0.142. The van der Waals surface area contributed by atoms with Crippen LogP contribution in [0.4, 0.5) is 0 Å². The van der Waals surface area contributed by atoms with Crippen LogP contribution in [-0.4, -0.2) is 29.1 Å².